The molecule has 0 unspecified atom stereocenters. The van der Waals surface area contributed by atoms with Crippen LogP contribution in [0.1, 0.15) is 40.1 Å². The average Bonchev–Trinajstić information content (AvgIpc) is 3.34. The van der Waals surface area contributed by atoms with Crippen molar-refractivity contribution >= 4 is 50.3 Å². The van der Waals surface area contributed by atoms with Crippen LogP contribution in [0.15, 0.2) is 29.6 Å². The summed E-state index contributed by atoms with van der Waals surface area (Å²) >= 11 is 3.09. The lowest BCUT2D eigenvalue weighted by Crippen LogP contribution is -2.37. The molecule has 0 spiro atoms. The quantitative estimate of drug-likeness (QED) is 0.560. The zero-order valence-corrected chi connectivity index (χ0v) is 18.8. The fourth-order valence-electron chi connectivity index (χ4n) is 3.73. The van der Waals surface area contributed by atoms with Gasteiger partial charge >= 0.3 is 5.97 Å². The van der Waals surface area contributed by atoms with E-state index >= 15 is 0 Å². The van der Waals surface area contributed by atoms with Crippen molar-refractivity contribution in [3.05, 3.63) is 45.2 Å². The van der Waals surface area contributed by atoms with Crippen molar-refractivity contribution in [1.82, 2.24) is 9.88 Å². The molecule has 1 fully saturated rings. The van der Waals surface area contributed by atoms with Crippen molar-refractivity contribution in [1.29, 1.82) is 0 Å². The van der Waals surface area contributed by atoms with Gasteiger partial charge in [-0.2, -0.15) is 0 Å². The molecular weight excluding hydrogens is 418 g/mol. The maximum absolute atomic E-state index is 12.8. The maximum atomic E-state index is 12.8. The molecule has 1 amide bonds. The number of thiazole rings is 1. The Morgan fingerprint density at radius 1 is 1.27 bits per heavy atom. The Bertz CT molecular complexity index is 1050. The number of benzene rings is 1. The molecule has 1 aromatic carbocycles. The van der Waals surface area contributed by atoms with E-state index in [4.69, 9.17) is 4.74 Å². The summed E-state index contributed by atoms with van der Waals surface area (Å²) in [6.45, 7) is 6.84. The van der Waals surface area contributed by atoms with E-state index in [0.717, 1.165) is 59.0 Å². The Hall–Kier alpha value is -2.29. The SMILES string of the molecule is CCOC(=O)c1cc2cc(NC(=O)C3CCN(Cc4csc(C)n4)CC3)ccc2s1. The van der Waals surface area contributed by atoms with Gasteiger partial charge in [-0.15, -0.1) is 22.7 Å². The van der Waals surface area contributed by atoms with Gasteiger partial charge in [0, 0.05) is 28.2 Å². The third kappa shape index (κ3) is 4.88. The number of esters is 1. The number of thiophene rings is 1. The van der Waals surface area contributed by atoms with Gasteiger partial charge in [0.25, 0.3) is 0 Å². The van der Waals surface area contributed by atoms with Gasteiger partial charge in [-0.3, -0.25) is 9.69 Å². The monoisotopic (exact) mass is 443 g/mol. The minimum atomic E-state index is -0.302. The van der Waals surface area contributed by atoms with Gasteiger partial charge in [-0.05, 0) is 69.4 Å². The van der Waals surface area contributed by atoms with Gasteiger partial charge in [0.15, 0.2) is 0 Å². The lowest BCUT2D eigenvalue weighted by Gasteiger charge is -2.30. The molecule has 1 saturated heterocycles. The summed E-state index contributed by atoms with van der Waals surface area (Å²) in [5.74, 6) is -0.213. The number of carbonyl (C=O) groups excluding carboxylic acids is 2. The fraction of sp³-hybridized carbons (Fsp3) is 0.409. The number of fused-ring (bicyclic) bond motifs is 1. The van der Waals surface area contributed by atoms with Crippen LogP contribution in [-0.2, 0) is 16.1 Å². The van der Waals surface area contributed by atoms with Crippen molar-refractivity contribution in [2.75, 3.05) is 25.0 Å². The fourth-order valence-corrected chi connectivity index (χ4v) is 5.27. The van der Waals surface area contributed by atoms with Gasteiger partial charge < -0.3 is 10.1 Å². The normalized spacial score (nSPS) is 15.4. The van der Waals surface area contributed by atoms with E-state index in [-0.39, 0.29) is 17.8 Å². The van der Waals surface area contributed by atoms with Crippen molar-refractivity contribution in [2.24, 2.45) is 5.92 Å². The maximum Gasteiger partial charge on any atom is 0.348 e. The van der Waals surface area contributed by atoms with Crippen LogP contribution in [0.5, 0.6) is 0 Å². The second-order valence-electron chi connectivity index (χ2n) is 7.48. The highest BCUT2D eigenvalue weighted by Crippen LogP contribution is 2.29. The summed E-state index contributed by atoms with van der Waals surface area (Å²) in [6, 6.07) is 7.58. The van der Waals surface area contributed by atoms with Crippen LogP contribution in [0.3, 0.4) is 0 Å². The highest BCUT2D eigenvalue weighted by Gasteiger charge is 2.25. The Morgan fingerprint density at radius 2 is 2.07 bits per heavy atom. The van der Waals surface area contributed by atoms with E-state index in [2.05, 4.69) is 20.6 Å². The average molecular weight is 444 g/mol. The summed E-state index contributed by atoms with van der Waals surface area (Å²) in [5, 5.41) is 7.20. The van der Waals surface area contributed by atoms with Crippen LogP contribution in [-0.4, -0.2) is 41.5 Å². The van der Waals surface area contributed by atoms with Crippen molar-refractivity contribution < 1.29 is 14.3 Å². The molecule has 0 radical (unpaired) electrons. The number of rotatable bonds is 6. The molecule has 2 aromatic heterocycles. The Labute approximate surface area is 183 Å². The van der Waals surface area contributed by atoms with Crippen molar-refractivity contribution in [3.63, 3.8) is 0 Å². The number of amides is 1. The number of aromatic nitrogens is 1. The number of likely N-dealkylation sites (tertiary alicyclic amines) is 1. The van der Waals surface area contributed by atoms with Crippen molar-refractivity contribution in [3.8, 4) is 0 Å². The third-order valence-electron chi connectivity index (χ3n) is 5.27. The summed E-state index contributed by atoms with van der Waals surface area (Å²) in [7, 11) is 0. The zero-order chi connectivity index (χ0) is 21.1. The van der Waals surface area contributed by atoms with Crippen LogP contribution in [0.2, 0.25) is 0 Å². The molecule has 1 N–H and O–H groups in total. The van der Waals surface area contributed by atoms with E-state index in [0.29, 0.717) is 11.5 Å². The van der Waals surface area contributed by atoms with E-state index in [1.54, 1.807) is 18.3 Å². The molecular formula is C22H25N3O3S2. The highest BCUT2D eigenvalue weighted by molar-refractivity contribution is 7.20. The second-order valence-corrected chi connectivity index (χ2v) is 9.63. The minimum absolute atomic E-state index is 0.0201. The van der Waals surface area contributed by atoms with Gasteiger partial charge in [-0.25, -0.2) is 9.78 Å². The molecule has 0 aliphatic carbocycles. The van der Waals surface area contributed by atoms with Crippen LogP contribution in [0, 0.1) is 12.8 Å². The summed E-state index contributed by atoms with van der Waals surface area (Å²) in [6.07, 6.45) is 1.70. The van der Waals surface area contributed by atoms with E-state index < -0.39 is 0 Å². The van der Waals surface area contributed by atoms with Gasteiger partial charge in [0.2, 0.25) is 5.91 Å². The zero-order valence-electron chi connectivity index (χ0n) is 17.1. The molecule has 1 aliphatic rings. The topological polar surface area (TPSA) is 71.5 Å². The molecule has 8 heteroatoms. The number of ether oxygens (including phenoxy) is 1. The molecule has 30 heavy (non-hydrogen) atoms. The van der Waals surface area contributed by atoms with Gasteiger partial charge in [0.1, 0.15) is 4.88 Å². The molecule has 6 nitrogen and oxygen atoms in total. The first-order valence-electron chi connectivity index (χ1n) is 10.2. The Kier molecular flexibility index (Phi) is 6.46. The highest BCUT2D eigenvalue weighted by atomic mass is 32.1. The van der Waals surface area contributed by atoms with Crippen LogP contribution >= 0.6 is 22.7 Å². The predicted molar refractivity (Wildman–Crippen MR) is 121 cm³/mol. The number of hydrogen-bond acceptors (Lipinski definition) is 7. The summed E-state index contributed by atoms with van der Waals surface area (Å²) in [5.41, 5.74) is 1.88. The van der Waals surface area contributed by atoms with Crippen LogP contribution in [0.4, 0.5) is 5.69 Å². The van der Waals surface area contributed by atoms with Crippen LogP contribution in [0.25, 0.3) is 10.1 Å². The molecule has 3 heterocycles. The number of hydrogen-bond donors (Lipinski definition) is 1. The molecule has 4 rings (SSSR count). The first-order chi connectivity index (χ1) is 14.5. The predicted octanol–water partition coefficient (Wildman–Crippen LogP) is 4.69. The van der Waals surface area contributed by atoms with E-state index in [9.17, 15) is 9.59 Å². The molecule has 158 valence electrons. The summed E-state index contributed by atoms with van der Waals surface area (Å²) < 4.78 is 6.07. The number of nitrogens with zero attached hydrogens (tertiary/aromatic N) is 2. The van der Waals surface area contributed by atoms with Crippen LogP contribution < -0.4 is 5.32 Å². The smallest absolute Gasteiger partial charge is 0.348 e. The molecule has 0 atom stereocenters. The molecule has 3 aromatic rings. The second kappa shape index (κ2) is 9.24. The Morgan fingerprint density at radius 3 is 2.77 bits per heavy atom. The molecule has 0 bridgehead atoms. The lowest BCUT2D eigenvalue weighted by atomic mass is 9.95. The first kappa shape index (κ1) is 21.0. The molecule has 1 aliphatic heterocycles. The number of aryl methyl sites for hydroxylation is 1. The van der Waals surface area contributed by atoms with Crippen molar-refractivity contribution in [2.45, 2.75) is 33.2 Å². The Balaban J connectivity index is 1.33. The van der Waals surface area contributed by atoms with E-state index in [1.807, 2.05) is 31.2 Å². The number of nitrogens with one attached hydrogen (secondary N) is 1. The largest absolute Gasteiger partial charge is 0.462 e. The number of carbonyl (C=O) groups is 2. The lowest BCUT2D eigenvalue weighted by molar-refractivity contribution is -0.121. The first-order valence-corrected chi connectivity index (χ1v) is 11.9. The standard InChI is InChI=1S/C22H25N3O3S2/c1-3-28-22(27)20-11-16-10-17(4-5-19(16)30-20)24-21(26)15-6-8-25(9-7-15)12-18-13-29-14(2)23-18/h4-5,10-11,13,15H,3,6-9,12H2,1-2H3,(H,24,26). The van der Waals surface area contributed by atoms with E-state index in [1.165, 1.54) is 11.3 Å². The molecule has 0 saturated carbocycles. The summed E-state index contributed by atoms with van der Waals surface area (Å²) in [4.78, 5) is 32.2. The third-order valence-corrected chi connectivity index (χ3v) is 7.19. The number of piperidine rings is 1. The van der Waals surface area contributed by atoms with Gasteiger partial charge in [-0.1, -0.05) is 0 Å². The number of anilines is 1. The minimum Gasteiger partial charge on any atom is -0.462 e. The van der Waals surface area contributed by atoms with Gasteiger partial charge in [0.05, 0.1) is 17.3 Å².